The second-order valence-electron chi connectivity index (χ2n) is 6.07. The van der Waals surface area contributed by atoms with Crippen LogP contribution in [0.5, 0.6) is 0 Å². The first-order valence-electron chi connectivity index (χ1n) is 8.23. The Morgan fingerprint density at radius 2 is 1.62 bits per heavy atom. The number of hydrogen-bond donors (Lipinski definition) is 2. The molecular formula is C19H18FN3O3. The maximum Gasteiger partial charge on any atom is 0.314 e. The van der Waals surface area contributed by atoms with Crippen molar-refractivity contribution >= 4 is 34.8 Å². The van der Waals surface area contributed by atoms with Gasteiger partial charge in [-0.1, -0.05) is 0 Å². The van der Waals surface area contributed by atoms with Gasteiger partial charge in [0.25, 0.3) is 0 Å². The molecule has 1 saturated heterocycles. The van der Waals surface area contributed by atoms with E-state index in [0.29, 0.717) is 24.3 Å². The van der Waals surface area contributed by atoms with Crippen LogP contribution in [0, 0.1) is 12.7 Å². The van der Waals surface area contributed by atoms with Gasteiger partial charge in [0.15, 0.2) is 0 Å². The fourth-order valence-electron chi connectivity index (χ4n) is 2.85. The lowest BCUT2D eigenvalue weighted by molar-refractivity contribution is -0.132. The lowest BCUT2D eigenvalue weighted by atomic mass is 10.1. The highest BCUT2D eigenvalue weighted by Gasteiger charge is 2.23. The van der Waals surface area contributed by atoms with E-state index >= 15 is 0 Å². The van der Waals surface area contributed by atoms with Crippen LogP contribution < -0.4 is 15.5 Å². The average molecular weight is 355 g/mol. The minimum absolute atomic E-state index is 0.0866. The van der Waals surface area contributed by atoms with Crippen LogP contribution >= 0.6 is 0 Å². The van der Waals surface area contributed by atoms with Gasteiger partial charge >= 0.3 is 11.8 Å². The van der Waals surface area contributed by atoms with Gasteiger partial charge in [-0.25, -0.2) is 4.39 Å². The molecule has 3 rings (SSSR count). The molecule has 1 fully saturated rings. The fourth-order valence-corrected chi connectivity index (χ4v) is 2.85. The summed E-state index contributed by atoms with van der Waals surface area (Å²) in [5.41, 5.74) is 2.42. The molecule has 7 heteroatoms. The van der Waals surface area contributed by atoms with E-state index in [9.17, 15) is 18.8 Å². The van der Waals surface area contributed by atoms with Crippen molar-refractivity contribution in [2.24, 2.45) is 0 Å². The topological polar surface area (TPSA) is 78.5 Å². The van der Waals surface area contributed by atoms with Crippen LogP contribution in [-0.2, 0) is 14.4 Å². The van der Waals surface area contributed by atoms with Crippen molar-refractivity contribution in [3.63, 3.8) is 0 Å². The summed E-state index contributed by atoms with van der Waals surface area (Å²) in [7, 11) is 0. The van der Waals surface area contributed by atoms with Crippen LogP contribution in [0.2, 0.25) is 0 Å². The van der Waals surface area contributed by atoms with Crippen molar-refractivity contribution in [3.8, 4) is 0 Å². The number of carbonyl (C=O) groups excluding carboxylic acids is 3. The van der Waals surface area contributed by atoms with Crippen LogP contribution in [0.1, 0.15) is 18.4 Å². The molecule has 2 aromatic rings. The predicted octanol–water partition coefficient (Wildman–Crippen LogP) is 2.84. The smallest absolute Gasteiger partial charge is 0.314 e. The third-order valence-electron chi connectivity index (χ3n) is 4.13. The Hall–Kier alpha value is -3.22. The van der Waals surface area contributed by atoms with E-state index in [1.807, 2.05) is 6.92 Å². The highest BCUT2D eigenvalue weighted by atomic mass is 19.1. The molecule has 2 N–H and O–H groups in total. The van der Waals surface area contributed by atoms with Gasteiger partial charge in [0.2, 0.25) is 5.91 Å². The minimum atomic E-state index is -0.854. The summed E-state index contributed by atoms with van der Waals surface area (Å²) in [4.78, 5) is 37.5. The van der Waals surface area contributed by atoms with Gasteiger partial charge in [-0.3, -0.25) is 14.4 Å². The van der Waals surface area contributed by atoms with E-state index in [4.69, 9.17) is 0 Å². The summed E-state index contributed by atoms with van der Waals surface area (Å²) in [6.07, 6.45) is 1.38. The zero-order valence-corrected chi connectivity index (χ0v) is 14.2. The standard InChI is InChI=1S/C19H18FN3O3/c1-12-11-15(8-9-16(12)23-10-2-3-17(23)24)22-19(26)18(25)21-14-6-4-13(20)5-7-14/h4-9,11H,2-3,10H2,1H3,(H,21,25)(H,22,26). The number of rotatable bonds is 3. The molecule has 0 bridgehead atoms. The fraction of sp³-hybridized carbons (Fsp3) is 0.211. The van der Waals surface area contributed by atoms with Crippen LogP contribution in [0.3, 0.4) is 0 Å². The molecule has 2 aromatic carbocycles. The first kappa shape index (κ1) is 17.6. The molecule has 1 aliphatic heterocycles. The van der Waals surface area contributed by atoms with Gasteiger partial charge in [-0.15, -0.1) is 0 Å². The summed E-state index contributed by atoms with van der Waals surface area (Å²) in [5.74, 6) is -2.03. The molecule has 1 aliphatic rings. The lowest BCUT2D eigenvalue weighted by Gasteiger charge is -2.19. The number of aryl methyl sites for hydroxylation is 1. The Kier molecular flexibility index (Phi) is 4.97. The Morgan fingerprint density at radius 1 is 1.00 bits per heavy atom. The molecule has 0 radical (unpaired) electrons. The van der Waals surface area contributed by atoms with E-state index in [1.165, 1.54) is 24.3 Å². The summed E-state index contributed by atoms with van der Waals surface area (Å²) >= 11 is 0. The number of nitrogens with zero attached hydrogens (tertiary/aromatic N) is 1. The van der Waals surface area contributed by atoms with Gasteiger partial charge in [0.1, 0.15) is 5.82 Å². The second kappa shape index (κ2) is 7.35. The Balaban J connectivity index is 1.65. The third-order valence-corrected chi connectivity index (χ3v) is 4.13. The monoisotopic (exact) mass is 355 g/mol. The maximum atomic E-state index is 12.9. The van der Waals surface area contributed by atoms with Gasteiger partial charge in [-0.2, -0.15) is 0 Å². The van der Waals surface area contributed by atoms with Gasteiger partial charge in [0, 0.05) is 30.0 Å². The number of carbonyl (C=O) groups is 3. The molecule has 3 amide bonds. The van der Waals surface area contributed by atoms with Crippen LogP contribution in [0.15, 0.2) is 42.5 Å². The highest BCUT2D eigenvalue weighted by molar-refractivity contribution is 6.43. The van der Waals surface area contributed by atoms with Crippen LogP contribution in [0.25, 0.3) is 0 Å². The molecule has 0 atom stereocenters. The van der Waals surface area contributed by atoms with E-state index in [2.05, 4.69) is 10.6 Å². The van der Waals surface area contributed by atoms with E-state index in [-0.39, 0.29) is 5.91 Å². The van der Waals surface area contributed by atoms with E-state index in [0.717, 1.165) is 17.7 Å². The van der Waals surface area contributed by atoms with Gasteiger partial charge in [-0.05, 0) is 61.4 Å². The van der Waals surface area contributed by atoms with Crippen molar-refractivity contribution in [2.45, 2.75) is 19.8 Å². The Bertz CT molecular complexity index is 865. The first-order valence-corrected chi connectivity index (χ1v) is 8.23. The van der Waals surface area contributed by atoms with Crippen molar-refractivity contribution in [1.82, 2.24) is 0 Å². The highest BCUT2D eigenvalue weighted by Crippen LogP contribution is 2.27. The summed E-state index contributed by atoms with van der Waals surface area (Å²) in [6, 6.07) is 10.2. The molecule has 0 saturated carbocycles. The third kappa shape index (κ3) is 3.88. The summed E-state index contributed by atoms with van der Waals surface area (Å²) in [5, 5.41) is 4.91. The molecule has 0 unspecified atom stereocenters. The first-order chi connectivity index (χ1) is 12.4. The van der Waals surface area contributed by atoms with Crippen molar-refractivity contribution < 1.29 is 18.8 Å². The zero-order chi connectivity index (χ0) is 18.7. The number of halogens is 1. The Morgan fingerprint density at radius 3 is 2.19 bits per heavy atom. The predicted molar refractivity (Wildman–Crippen MR) is 96.4 cm³/mol. The van der Waals surface area contributed by atoms with E-state index in [1.54, 1.807) is 23.1 Å². The number of nitrogens with one attached hydrogen (secondary N) is 2. The van der Waals surface area contributed by atoms with E-state index < -0.39 is 17.6 Å². The lowest BCUT2D eigenvalue weighted by Crippen LogP contribution is -2.29. The number of amides is 3. The number of benzene rings is 2. The average Bonchev–Trinajstić information content (AvgIpc) is 3.03. The number of hydrogen-bond acceptors (Lipinski definition) is 3. The maximum absolute atomic E-state index is 12.9. The second-order valence-corrected chi connectivity index (χ2v) is 6.07. The van der Waals surface area contributed by atoms with Crippen molar-refractivity contribution in [3.05, 3.63) is 53.8 Å². The Labute approximate surface area is 150 Å². The molecule has 6 nitrogen and oxygen atoms in total. The molecule has 0 aromatic heterocycles. The van der Waals surface area contributed by atoms with Crippen LogP contribution in [0.4, 0.5) is 21.5 Å². The minimum Gasteiger partial charge on any atom is -0.318 e. The normalized spacial score (nSPS) is 13.6. The largest absolute Gasteiger partial charge is 0.318 e. The quantitative estimate of drug-likeness (QED) is 0.831. The van der Waals surface area contributed by atoms with Crippen LogP contribution in [-0.4, -0.2) is 24.3 Å². The van der Waals surface area contributed by atoms with Gasteiger partial charge < -0.3 is 15.5 Å². The molecular weight excluding hydrogens is 337 g/mol. The SMILES string of the molecule is Cc1cc(NC(=O)C(=O)Nc2ccc(F)cc2)ccc1N1CCCC1=O. The van der Waals surface area contributed by atoms with Gasteiger partial charge in [0.05, 0.1) is 0 Å². The summed E-state index contributed by atoms with van der Waals surface area (Å²) < 4.78 is 12.9. The molecule has 1 heterocycles. The zero-order valence-electron chi connectivity index (χ0n) is 14.2. The molecule has 26 heavy (non-hydrogen) atoms. The summed E-state index contributed by atoms with van der Waals surface area (Å²) in [6.45, 7) is 2.53. The van der Waals surface area contributed by atoms with Crippen molar-refractivity contribution in [2.75, 3.05) is 22.1 Å². The number of anilines is 3. The molecule has 134 valence electrons. The molecule has 0 spiro atoms. The van der Waals surface area contributed by atoms with Crippen molar-refractivity contribution in [1.29, 1.82) is 0 Å². The molecule has 0 aliphatic carbocycles.